The lowest BCUT2D eigenvalue weighted by molar-refractivity contribution is 0.863. The van der Waals surface area contributed by atoms with Gasteiger partial charge < -0.3 is 5.32 Å². The zero-order valence-electron chi connectivity index (χ0n) is 15.1. The second-order valence-corrected chi connectivity index (χ2v) is 6.27. The van der Waals surface area contributed by atoms with E-state index in [1.165, 1.54) is 0 Å². The van der Waals surface area contributed by atoms with Crippen LogP contribution in [0.4, 0.5) is 11.6 Å². The van der Waals surface area contributed by atoms with Crippen molar-refractivity contribution in [2.45, 2.75) is 6.92 Å². The van der Waals surface area contributed by atoms with Crippen molar-refractivity contribution in [3.8, 4) is 11.4 Å². The van der Waals surface area contributed by atoms with E-state index >= 15 is 0 Å². The molecular formula is C20H16N8. The average molecular weight is 368 g/mol. The van der Waals surface area contributed by atoms with Crippen molar-refractivity contribution in [3.63, 3.8) is 0 Å². The Labute approximate surface area is 160 Å². The molecule has 28 heavy (non-hydrogen) atoms. The summed E-state index contributed by atoms with van der Waals surface area (Å²) in [6.45, 7) is 1.86. The highest BCUT2D eigenvalue weighted by Gasteiger charge is 2.08. The Bertz CT molecular complexity index is 1240. The predicted molar refractivity (Wildman–Crippen MR) is 106 cm³/mol. The minimum Gasteiger partial charge on any atom is -0.324 e. The number of hydrogen-bond donors (Lipinski definition) is 1. The van der Waals surface area contributed by atoms with Crippen LogP contribution < -0.4 is 5.32 Å². The van der Waals surface area contributed by atoms with Crippen LogP contribution in [0.1, 0.15) is 5.82 Å². The van der Waals surface area contributed by atoms with Crippen molar-refractivity contribution in [3.05, 3.63) is 79.3 Å². The lowest BCUT2D eigenvalue weighted by Crippen LogP contribution is -2.01. The third-order valence-corrected chi connectivity index (χ3v) is 4.34. The quantitative estimate of drug-likeness (QED) is 0.523. The van der Waals surface area contributed by atoms with Gasteiger partial charge in [-0.1, -0.05) is 12.1 Å². The molecule has 8 heteroatoms. The number of hydrogen-bond acceptors (Lipinski definition) is 6. The first kappa shape index (κ1) is 16.1. The van der Waals surface area contributed by atoms with Crippen LogP contribution in [0.15, 0.2) is 73.4 Å². The average Bonchev–Trinajstić information content (AvgIpc) is 3.40. The molecule has 0 bridgehead atoms. The van der Waals surface area contributed by atoms with Crippen molar-refractivity contribution in [2.24, 2.45) is 0 Å². The first-order chi connectivity index (χ1) is 13.8. The summed E-state index contributed by atoms with van der Waals surface area (Å²) in [5.41, 5.74) is 3.56. The van der Waals surface area contributed by atoms with Crippen molar-refractivity contribution in [1.82, 2.24) is 34.5 Å². The van der Waals surface area contributed by atoms with Gasteiger partial charge in [-0.25, -0.2) is 24.3 Å². The Balaban J connectivity index is 1.46. The van der Waals surface area contributed by atoms with Gasteiger partial charge in [-0.15, -0.1) is 0 Å². The van der Waals surface area contributed by atoms with Crippen LogP contribution in [-0.4, -0.2) is 34.5 Å². The monoisotopic (exact) mass is 368 g/mol. The molecule has 0 saturated heterocycles. The molecule has 0 aliphatic rings. The molecule has 5 rings (SSSR count). The Morgan fingerprint density at radius 2 is 1.82 bits per heavy atom. The van der Waals surface area contributed by atoms with Crippen LogP contribution in [0.5, 0.6) is 0 Å². The van der Waals surface area contributed by atoms with Gasteiger partial charge in [0.05, 0.1) is 11.4 Å². The van der Waals surface area contributed by atoms with E-state index in [2.05, 4.69) is 25.5 Å². The standard InChI is InChI=1S/C20H16N8/c1-14-22-13-28(26-14)17-8-6-16(7-9-17)24-20-21-12-15-4-2-5-18(19(15)25-20)27-11-3-10-23-27/h2-13H,1H3,(H,21,24,25). The van der Waals surface area contributed by atoms with Gasteiger partial charge in [0.25, 0.3) is 0 Å². The molecule has 0 amide bonds. The minimum atomic E-state index is 0.524. The van der Waals surface area contributed by atoms with Crippen LogP contribution in [0.2, 0.25) is 0 Å². The first-order valence-electron chi connectivity index (χ1n) is 8.78. The Hall–Kier alpha value is -4.07. The van der Waals surface area contributed by atoms with E-state index in [4.69, 9.17) is 4.98 Å². The third kappa shape index (κ3) is 2.96. The summed E-state index contributed by atoms with van der Waals surface area (Å²) in [5.74, 6) is 1.26. The summed E-state index contributed by atoms with van der Waals surface area (Å²) < 4.78 is 3.54. The van der Waals surface area contributed by atoms with Crippen LogP contribution in [-0.2, 0) is 0 Å². The molecule has 8 nitrogen and oxygen atoms in total. The number of nitrogens with one attached hydrogen (secondary N) is 1. The maximum absolute atomic E-state index is 4.70. The predicted octanol–water partition coefficient (Wildman–Crippen LogP) is 3.45. The number of nitrogens with zero attached hydrogens (tertiary/aromatic N) is 7. The second kappa shape index (κ2) is 6.58. The number of para-hydroxylation sites is 1. The van der Waals surface area contributed by atoms with Gasteiger partial charge in [0.15, 0.2) is 0 Å². The zero-order valence-corrected chi connectivity index (χ0v) is 15.1. The number of anilines is 2. The van der Waals surface area contributed by atoms with Gasteiger partial charge in [0.2, 0.25) is 5.95 Å². The maximum atomic E-state index is 4.70. The highest BCUT2D eigenvalue weighted by Crippen LogP contribution is 2.22. The summed E-state index contributed by atoms with van der Waals surface area (Å²) in [6, 6.07) is 15.7. The molecule has 5 aromatic rings. The van der Waals surface area contributed by atoms with Crippen LogP contribution in [0.3, 0.4) is 0 Å². The maximum Gasteiger partial charge on any atom is 0.227 e. The molecule has 0 spiro atoms. The molecule has 1 N–H and O–H groups in total. The smallest absolute Gasteiger partial charge is 0.227 e. The van der Waals surface area contributed by atoms with E-state index in [1.54, 1.807) is 21.9 Å². The largest absolute Gasteiger partial charge is 0.324 e. The Morgan fingerprint density at radius 3 is 2.57 bits per heavy atom. The van der Waals surface area contributed by atoms with Crippen LogP contribution >= 0.6 is 0 Å². The molecule has 0 saturated carbocycles. The number of aromatic nitrogens is 7. The van der Waals surface area contributed by atoms with E-state index < -0.39 is 0 Å². The number of aryl methyl sites for hydroxylation is 1. The summed E-state index contributed by atoms with van der Waals surface area (Å²) in [6.07, 6.45) is 7.15. The molecule has 3 heterocycles. The summed E-state index contributed by atoms with van der Waals surface area (Å²) in [5, 5.41) is 12.8. The number of rotatable bonds is 4. The fourth-order valence-electron chi connectivity index (χ4n) is 2.99. The number of benzene rings is 2. The lowest BCUT2D eigenvalue weighted by atomic mass is 10.2. The Morgan fingerprint density at radius 1 is 0.929 bits per heavy atom. The van der Waals surface area contributed by atoms with Gasteiger partial charge >= 0.3 is 0 Å². The van der Waals surface area contributed by atoms with Crippen LogP contribution in [0, 0.1) is 6.92 Å². The summed E-state index contributed by atoms with van der Waals surface area (Å²) in [4.78, 5) is 13.3. The molecule has 0 radical (unpaired) electrons. The lowest BCUT2D eigenvalue weighted by Gasteiger charge is -2.09. The van der Waals surface area contributed by atoms with Crippen molar-refractivity contribution >= 4 is 22.5 Å². The Kier molecular flexibility index (Phi) is 3.79. The van der Waals surface area contributed by atoms with Crippen molar-refractivity contribution in [1.29, 1.82) is 0 Å². The van der Waals surface area contributed by atoms with Crippen molar-refractivity contribution in [2.75, 3.05) is 5.32 Å². The first-order valence-corrected chi connectivity index (χ1v) is 8.78. The highest BCUT2D eigenvalue weighted by atomic mass is 15.3. The molecule has 0 fully saturated rings. The van der Waals surface area contributed by atoms with Gasteiger partial charge in [0, 0.05) is 29.7 Å². The summed E-state index contributed by atoms with van der Waals surface area (Å²) in [7, 11) is 0. The van der Waals surface area contributed by atoms with Crippen molar-refractivity contribution < 1.29 is 0 Å². The summed E-state index contributed by atoms with van der Waals surface area (Å²) >= 11 is 0. The zero-order chi connectivity index (χ0) is 18.9. The molecule has 0 atom stereocenters. The molecule has 0 aliphatic heterocycles. The van der Waals surface area contributed by atoms with Gasteiger partial charge in [0.1, 0.15) is 17.7 Å². The van der Waals surface area contributed by atoms with Crippen LogP contribution in [0.25, 0.3) is 22.3 Å². The van der Waals surface area contributed by atoms with Gasteiger partial charge in [-0.3, -0.25) is 0 Å². The van der Waals surface area contributed by atoms with Gasteiger partial charge in [-0.05, 0) is 43.3 Å². The molecule has 3 aromatic heterocycles. The fraction of sp³-hybridized carbons (Fsp3) is 0.0500. The number of fused-ring (bicyclic) bond motifs is 1. The highest BCUT2D eigenvalue weighted by molar-refractivity contribution is 5.86. The van der Waals surface area contributed by atoms with E-state index in [-0.39, 0.29) is 0 Å². The molecule has 136 valence electrons. The topological polar surface area (TPSA) is 86.3 Å². The third-order valence-electron chi connectivity index (χ3n) is 4.34. The van der Waals surface area contributed by atoms with E-state index in [0.717, 1.165) is 33.8 Å². The fourth-order valence-corrected chi connectivity index (χ4v) is 2.99. The van der Waals surface area contributed by atoms with Gasteiger partial charge in [-0.2, -0.15) is 10.2 Å². The minimum absolute atomic E-state index is 0.524. The molecule has 0 unspecified atom stereocenters. The van der Waals surface area contributed by atoms with E-state index in [0.29, 0.717) is 5.95 Å². The second-order valence-electron chi connectivity index (χ2n) is 6.27. The molecule has 2 aromatic carbocycles. The van der Waals surface area contributed by atoms with E-state index in [1.807, 2.05) is 67.8 Å². The molecular weight excluding hydrogens is 352 g/mol. The normalized spacial score (nSPS) is 11.0. The SMILES string of the molecule is Cc1ncn(-c2ccc(Nc3ncc4cccc(-n5cccn5)c4n3)cc2)n1. The van der Waals surface area contributed by atoms with E-state index in [9.17, 15) is 0 Å². The molecule has 0 aliphatic carbocycles.